The quantitative estimate of drug-likeness (QED) is 0.764. The number of morpholine rings is 1. The Kier molecular flexibility index (Phi) is 4.05. The minimum absolute atomic E-state index is 0.191. The number of β-amino-alcohol motifs (C(OH)–C–C–N with tert-alkyl or cyclic N) is 1. The highest BCUT2D eigenvalue weighted by atomic mass is 16.5. The van der Waals surface area contributed by atoms with Crippen molar-refractivity contribution in [1.29, 1.82) is 0 Å². The minimum atomic E-state index is -0.649. The molecule has 1 fully saturated rings. The minimum Gasteiger partial charge on any atom is -0.448 e. The van der Waals surface area contributed by atoms with E-state index in [-0.39, 0.29) is 17.7 Å². The second-order valence-corrected chi connectivity index (χ2v) is 6.04. The highest BCUT2D eigenvalue weighted by Crippen LogP contribution is 2.24. The summed E-state index contributed by atoms with van der Waals surface area (Å²) in [6, 6.07) is 7.44. The molecular weight excluding hydrogens is 310 g/mol. The second-order valence-electron chi connectivity index (χ2n) is 6.04. The summed E-state index contributed by atoms with van der Waals surface area (Å²) < 4.78 is 12.4. The number of aliphatic hydroxyl groups is 1. The first-order valence-corrected chi connectivity index (χ1v) is 8.07. The summed E-state index contributed by atoms with van der Waals surface area (Å²) in [5.74, 6) is 0. The van der Waals surface area contributed by atoms with Gasteiger partial charge in [0, 0.05) is 25.0 Å². The zero-order chi connectivity index (χ0) is 16.5. The average molecular weight is 329 g/mol. The molecule has 0 amide bonds. The number of hydrogen-bond acceptors (Lipinski definition) is 6. The van der Waals surface area contributed by atoms with Crippen molar-refractivity contribution in [3.63, 3.8) is 0 Å². The number of nitrogens with zero attached hydrogens (tertiary/aromatic N) is 3. The Morgan fingerprint density at radius 1 is 1.21 bits per heavy atom. The van der Waals surface area contributed by atoms with Gasteiger partial charge in [-0.3, -0.25) is 14.3 Å². The Morgan fingerprint density at radius 2 is 2.00 bits per heavy atom. The number of hydrogen-bond donors (Lipinski definition) is 1. The molecule has 1 aliphatic heterocycles. The van der Waals surface area contributed by atoms with E-state index in [1.165, 1.54) is 10.9 Å². The van der Waals surface area contributed by atoms with E-state index in [4.69, 9.17) is 9.15 Å². The number of furan rings is 1. The number of rotatable bonds is 4. The Bertz CT molecular complexity index is 911. The first-order valence-electron chi connectivity index (χ1n) is 8.07. The molecule has 1 atom stereocenters. The lowest BCUT2D eigenvalue weighted by molar-refractivity contribution is 0.0113. The number of aliphatic hydroxyl groups excluding tert-OH is 1. The normalized spacial score (nSPS) is 17.5. The molecule has 0 radical (unpaired) electrons. The van der Waals surface area contributed by atoms with Gasteiger partial charge in [0.15, 0.2) is 0 Å². The van der Waals surface area contributed by atoms with Gasteiger partial charge in [-0.1, -0.05) is 12.1 Å². The van der Waals surface area contributed by atoms with Gasteiger partial charge in [0.05, 0.1) is 32.2 Å². The molecule has 7 nitrogen and oxygen atoms in total. The van der Waals surface area contributed by atoms with Gasteiger partial charge in [-0.05, 0) is 12.1 Å². The van der Waals surface area contributed by atoms with Crippen molar-refractivity contribution in [2.24, 2.45) is 0 Å². The standard InChI is InChI=1S/C17H19N3O4/c21-12(9-19-5-7-23-8-6-19)10-20-11-18-15-13-3-1-2-4-14(13)24-16(15)17(20)22/h1-4,11-12,21H,5-10H2. The number of para-hydroxylation sites is 1. The van der Waals surface area contributed by atoms with Crippen LogP contribution in [0.4, 0.5) is 0 Å². The van der Waals surface area contributed by atoms with Crippen LogP contribution in [-0.2, 0) is 11.3 Å². The third-order valence-electron chi connectivity index (χ3n) is 4.33. The topological polar surface area (TPSA) is 80.7 Å². The lowest BCUT2D eigenvalue weighted by atomic mass is 10.2. The SMILES string of the molecule is O=c1c2oc3ccccc3c2ncn1CC(O)CN1CCOCC1. The Labute approximate surface area is 138 Å². The highest BCUT2D eigenvalue weighted by molar-refractivity contribution is 6.01. The summed E-state index contributed by atoms with van der Waals surface area (Å²) in [4.78, 5) is 19.1. The molecule has 126 valence electrons. The van der Waals surface area contributed by atoms with E-state index in [2.05, 4.69) is 9.88 Å². The van der Waals surface area contributed by atoms with Crippen molar-refractivity contribution in [3.05, 3.63) is 40.9 Å². The monoisotopic (exact) mass is 329 g/mol. The van der Waals surface area contributed by atoms with Gasteiger partial charge in [-0.15, -0.1) is 0 Å². The van der Waals surface area contributed by atoms with Gasteiger partial charge in [-0.2, -0.15) is 0 Å². The predicted octanol–water partition coefficient (Wildman–Crippen LogP) is 0.836. The summed E-state index contributed by atoms with van der Waals surface area (Å²) in [5, 5.41) is 11.1. The molecule has 0 bridgehead atoms. The van der Waals surface area contributed by atoms with Gasteiger partial charge >= 0.3 is 0 Å². The predicted molar refractivity (Wildman–Crippen MR) is 89.0 cm³/mol. The maximum absolute atomic E-state index is 12.6. The molecule has 1 saturated heterocycles. The summed E-state index contributed by atoms with van der Waals surface area (Å²) in [6.07, 6.45) is 0.833. The second kappa shape index (κ2) is 6.35. The number of benzene rings is 1. The molecule has 7 heteroatoms. The molecule has 1 aromatic carbocycles. The first-order chi connectivity index (χ1) is 11.7. The van der Waals surface area contributed by atoms with Crippen molar-refractivity contribution < 1.29 is 14.3 Å². The van der Waals surface area contributed by atoms with Crippen LogP contribution in [0.3, 0.4) is 0 Å². The highest BCUT2D eigenvalue weighted by Gasteiger charge is 2.18. The van der Waals surface area contributed by atoms with Gasteiger partial charge < -0.3 is 14.3 Å². The fourth-order valence-electron chi connectivity index (χ4n) is 3.11. The molecule has 1 N–H and O–H groups in total. The molecule has 0 aliphatic carbocycles. The van der Waals surface area contributed by atoms with Crippen LogP contribution < -0.4 is 5.56 Å². The van der Waals surface area contributed by atoms with E-state index >= 15 is 0 Å². The Hall–Kier alpha value is -2.22. The number of aromatic nitrogens is 2. The molecular formula is C17H19N3O4. The van der Waals surface area contributed by atoms with Crippen molar-refractivity contribution in [2.75, 3.05) is 32.8 Å². The lowest BCUT2D eigenvalue weighted by Crippen LogP contribution is -2.42. The molecule has 0 spiro atoms. The maximum atomic E-state index is 12.6. The molecule has 1 unspecified atom stereocenters. The first kappa shape index (κ1) is 15.3. The van der Waals surface area contributed by atoms with Gasteiger partial charge in [0.1, 0.15) is 11.1 Å². The number of ether oxygens (including phenoxy) is 1. The molecule has 3 aromatic rings. The van der Waals surface area contributed by atoms with Crippen LogP contribution in [0.5, 0.6) is 0 Å². The third kappa shape index (κ3) is 2.82. The smallest absolute Gasteiger partial charge is 0.297 e. The number of fused-ring (bicyclic) bond motifs is 3. The Morgan fingerprint density at radius 3 is 2.83 bits per heavy atom. The largest absolute Gasteiger partial charge is 0.448 e. The van der Waals surface area contributed by atoms with Crippen LogP contribution in [0.15, 0.2) is 39.8 Å². The zero-order valence-corrected chi connectivity index (χ0v) is 13.2. The fraction of sp³-hybridized carbons (Fsp3) is 0.412. The average Bonchev–Trinajstić information content (AvgIpc) is 2.98. The molecule has 24 heavy (non-hydrogen) atoms. The van der Waals surface area contributed by atoms with E-state index in [9.17, 15) is 9.90 Å². The van der Waals surface area contributed by atoms with Crippen molar-refractivity contribution in [1.82, 2.24) is 14.5 Å². The van der Waals surface area contributed by atoms with Crippen LogP contribution in [0.1, 0.15) is 0 Å². The zero-order valence-electron chi connectivity index (χ0n) is 13.2. The molecule has 1 aliphatic rings. The summed E-state index contributed by atoms with van der Waals surface area (Å²) >= 11 is 0. The van der Waals surface area contributed by atoms with Crippen LogP contribution in [0, 0.1) is 0 Å². The van der Waals surface area contributed by atoms with Crippen molar-refractivity contribution >= 4 is 22.1 Å². The van der Waals surface area contributed by atoms with Crippen LogP contribution in [0.2, 0.25) is 0 Å². The van der Waals surface area contributed by atoms with Gasteiger partial charge in [-0.25, -0.2) is 4.98 Å². The fourth-order valence-corrected chi connectivity index (χ4v) is 3.11. The molecule has 0 saturated carbocycles. The summed E-state index contributed by atoms with van der Waals surface area (Å²) in [6.45, 7) is 3.65. The summed E-state index contributed by atoms with van der Waals surface area (Å²) in [5.41, 5.74) is 1.17. The molecule has 3 heterocycles. The van der Waals surface area contributed by atoms with Crippen LogP contribution >= 0.6 is 0 Å². The van der Waals surface area contributed by atoms with E-state index in [0.29, 0.717) is 30.9 Å². The summed E-state index contributed by atoms with van der Waals surface area (Å²) in [7, 11) is 0. The van der Waals surface area contributed by atoms with Crippen molar-refractivity contribution in [2.45, 2.75) is 12.6 Å². The van der Waals surface area contributed by atoms with Crippen LogP contribution in [-0.4, -0.2) is 58.5 Å². The third-order valence-corrected chi connectivity index (χ3v) is 4.33. The maximum Gasteiger partial charge on any atom is 0.297 e. The molecule has 4 rings (SSSR count). The van der Waals surface area contributed by atoms with Crippen LogP contribution in [0.25, 0.3) is 22.1 Å². The Balaban J connectivity index is 1.59. The molecule has 2 aromatic heterocycles. The van der Waals surface area contributed by atoms with Crippen molar-refractivity contribution in [3.8, 4) is 0 Å². The van der Waals surface area contributed by atoms with Gasteiger partial charge in [0.2, 0.25) is 5.58 Å². The van der Waals surface area contributed by atoms with E-state index < -0.39 is 6.10 Å². The van der Waals surface area contributed by atoms with E-state index in [1.807, 2.05) is 24.3 Å². The lowest BCUT2D eigenvalue weighted by Gasteiger charge is -2.28. The van der Waals surface area contributed by atoms with Gasteiger partial charge in [0.25, 0.3) is 5.56 Å². The van der Waals surface area contributed by atoms with E-state index in [0.717, 1.165) is 18.5 Å². The van der Waals surface area contributed by atoms with E-state index in [1.54, 1.807) is 0 Å².